The van der Waals surface area contributed by atoms with Gasteiger partial charge in [0.2, 0.25) is 0 Å². The van der Waals surface area contributed by atoms with E-state index in [-0.39, 0.29) is 23.8 Å². The van der Waals surface area contributed by atoms with E-state index in [0.29, 0.717) is 24.3 Å². The highest BCUT2D eigenvalue weighted by molar-refractivity contribution is 6.35. The van der Waals surface area contributed by atoms with Crippen LogP contribution in [0.1, 0.15) is 48.4 Å². The first-order valence-electron chi connectivity index (χ1n) is 11.8. The number of carbonyl (C=O) groups is 2. The number of benzene rings is 5. The number of esters is 2. The van der Waals surface area contributed by atoms with E-state index in [1.165, 1.54) is 0 Å². The molecule has 0 radical (unpaired) electrons. The van der Waals surface area contributed by atoms with E-state index < -0.39 is 0 Å². The molecule has 0 aliphatic carbocycles. The van der Waals surface area contributed by atoms with E-state index in [1.807, 2.05) is 76.2 Å². The van der Waals surface area contributed by atoms with Crippen molar-refractivity contribution in [1.82, 2.24) is 0 Å². The summed E-state index contributed by atoms with van der Waals surface area (Å²) >= 11 is 0. The maximum atomic E-state index is 12.9. The summed E-state index contributed by atoms with van der Waals surface area (Å²) in [7, 11) is 0. The minimum Gasteiger partial charge on any atom is -0.462 e. The molecule has 5 aromatic rings. The van der Waals surface area contributed by atoms with Crippen LogP contribution in [0.3, 0.4) is 0 Å². The van der Waals surface area contributed by atoms with E-state index in [0.717, 1.165) is 43.1 Å². The van der Waals surface area contributed by atoms with Crippen molar-refractivity contribution < 1.29 is 19.1 Å². The second-order valence-corrected chi connectivity index (χ2v) is 9.76. The summed E-state index contributed by atoms with van der Waals surface area (Å²) < 4.78 is 11.1. The molecule has 0 unspecified atom stereocenters. The Balaban J connectivity index is 1.76. The van der Waals surface area contributed by atoms with Gasteiger partial charge in [-0.15, -0.1) is 0 Å². The zero-order chi connectivity index (χ0) is 24.0. The van der Waals surface area contributed by atoms with Crippen LogP contribution in [-0.2, 0) is 9.47 Å². The lowest BCUT2D eigenvalue weighted by atomic mass is 9.87. The molecule has 0 spiro atoms. The lowest BCUT2D eigenvalue weighted by Gasteiger charge is -2.17. The quantitative estimate of drug-likeness (QED) is 0.153. The summed E-state index contributed by atoms with van der Waals surface area (Å²) in [5, 5.41) is 8.05. The molecule has 4 heteroatoms. The number of hydrogen-bond acceptors (Lipinski definition) is 4. The molecule has 172 valence electrons. The van der Waals surface area contributed by atoms with Crippen molar-refractivity contribution in [2.45, 2.75) is 27.7 Å². The van der Waals surface area contributed by atoms with Crippen LogP contribution in [0.15, 0.2) is 60.7 Å². The molecule has 34 heavy (non-hydrogen) atoms. The highest BCUT2D eigenvalue weighted by Gasteiger charge is 2.21. The summed E-state index contributed by atoms with van der Waals surface area (Å²) in [4.78, 5) is 25.8. The molecular weight excluding hydrogens is 424 g/mol. The molecule has 0 bridgehead atoms. The van der Waals surface area contributed by atoms with Gasteiger partial charge in [0.1, 0.15) is 0 Å². The Bertz CT molecular complexity index is 1410. The summed E-state index contributed by atoms with van der Waals surface area (Å²) in [5.74, 6) is -0.0565. The largest absolute Gasteiger partial charge is 0.462 e. The Morgan fingerprint density at radius 2 is 0.912 bits per heavy atom. The Labute approximate surface area is 198 Å². The first kappa shape index (κ1) is 22.1. The maximum Gasteiger partial charge on any atom is 0.338 e. The highest BCUT2D eigenvalue weighted by Crippen LogP contribution is 2.42. The van der Waals surface area contributed by atoms with Gasteiger partial charge in [-0.05, 0) is 67.1 Å². The summed E-state index contributed by atoms with van der Waals surface area (Å²) in [5.41, 5.74) is 1.15. The van der Waals surface area contributed by atoms with Crippen molar-refractivity contribution in [2.75, 3.05) is 13.2 Å². The molecule has 0 heterocycles. The number of ether oxygens (including phenoxy) is 2. The van der Waals surface area contributed by atoms with Crippen molar-refractivity contribution in [2.24, 2.45) is 11.8 Å². The average molecular weight is 453 g/mol. The van der Waals surface area contributed by atoms with Gasteiger partial charge in [0, 0.05) is 0 Å². The summed E-state index contributed by atoms with van der Waals surface area (Å²) in [6.45, 7) is 8.87. The Hall–Kier alpha value is -3.66. The predicted molar refractivity (Wildman–Crippen MR) is 138 cm³/mol. The van der Waals surface area contributed by atoms with Crippen molar-refractivity contribution >= 4 is 55.0 Å². The summed E-state index contributed by atoms with van der Waals surface area (Å²) in [6.07, 6.45) is 0. The molecule has 0 amide bonds. The molecular formula is C30H28O4. The molecule has 0 aromatic heterocycles. The fourth-order valence-corrected chi connectivity index (χ4v) is 4.71. The standard InChI is InChI=1S/C30H28O4/c1-17(2)15-33-29(31)25-13-11-23-20-8-6-10-22-26(30(32)34-16-18(3)4)14-12-24(28(20)22)19-7-5-9-21(25)27(19)23/h5-14,17-18H,15-16H2,1-4H3. The van der Waals surface area contributed by atoms with Crippen LogP contribution < -0.4 is 0 Å². The zero-order valence-electron chi connectivity index (χ0n) is 20.0. The topological polar surface area (TPSA) is 52.6 Å². The van der Waals surface area contributed by atoms with Gasteiger partial charge in [0.15, 0.2) is 0 Å². The summed E-state index contributed by atoms with van der Waals surface area (Å²) in [6, 6.07) is 19.8. The van der Waals surface area contributed by atoms with Crippen LogP contribution in [0.2, 0.25) is 0 Å². The normalized spacial score (nSPS) is 11.9. The van der Waals surface area contributed by atoms with Crippen LogP contribution in [-0.4, -0.2) is 25.2 Å². The minimum absolute atomic E-state index is 0.273. The molecule has 5 rings (SSSR count). The van der Waals surface area contributed by atoms with E-state index in [9.17, 15) is 9.59 Å². The smallest absolute Gasteiger partial charge is 0.338 e. The van der Waals surface area contributed by atoms with E-state index in [1.54, 1.807) is 0 Å². The van der Waals surface area contributed by atoms with Crippen LogP contribution in [0.4, 0.5) is 0 Å². The minimum atomic E-state index is -0.301. The van der Waals surface area contributed by atoms with Crippen molar-refractivity contribution in [3.63, 3.8) is 0 Å². The van der Waals surface area contributed by atoms with Crippen LogP contribution in [0.5, 0.6) is 0 Å². The van der Waals surface area contributed by atoms with Gasteiger partial charge >= 0.3 is 11.9 Å². The van der Waals surface area contributed by atoms with E-state index in [4.69, 9.17) is 9.47 Å². The second-order valence-electron chi connectivity index (χ2n) is 9.76. The van der Waals surface area contributed by atoms with Crippen molar-refractivity contribution in [3.05, 3.63) is 71.8 Å². The van der Waals surface area contributed by atoms with Gasteiger partial charge < -0.3 is 9.47 Å². The first-order valence-corrected chi connectivity index (χ1v) is 11.8. The average Bonchev–Trinajstić information content (AvgIpc) is 2.83. The number of carbonyl (C=O) groups excluding carboxylic acids is 2. The van der Waals surface area contributed by atoms with Gasteiger partial charge in [-0.2, -0.15) is 0 Å². The SMILES string of the molecule is CC(C)COC(=O)c1ccc2c3cccc4c(C(=O)OCC(C)C)ccc(c5cccc1c52)c43. The monoisotopic (exact) mass is 452 g/mol. The molecule has 0 N–H and O–H groups in total. The third-order valence-corrected chi connectivity index (χ3v) is 6.20. The third-order valence-electron chi connectivity index (χ3n) is 6.20. The number of fused-ring (bicyclic) bond motifs is 2. The van der Waals surface area contributed by atoms with Crippen LogP contribution in [0.25, 0.3) is 43.1 Å². The Kier molecular flexibility index (Phi) is 5.60. The fraction of sp³-hybridized carbons (Fsp3) is 0.267. The second kappa shape index (κ2) is 8.60. The van der Waals surface area contributed by atoms with Gasteiger partial charge in [-0.3, -0.25) is 0 Å². The van der Waals surface area contributed by atoms with Gasteiger partial charge in [-0.1, -0.05) is 76.2 Å². The van der Waals surface area contributed by atoms with Gasteiger partial charge in [-0.25, -0.2) is 9.59 Å². The van der Waals surface area contributed by atoms with Gasteiger partial charge in [0.05, 0.1) is 24.3 Å². The highest BCUT2D eigenvalue weighted by atomic mass is 16.5. The fourth-order valence-electron chi connectivity index (χ4n) is 4.71. The molecule has 0 saturated carbocycles. The zero-order valence-corrected chi connectivity index (χ0v) is 20.0. The van der Waals surface area contributed by atoms with Crippen LogP contribution >= 0.6 is 0 Å². The maximum absolute atomic E-state index is 12.9. The number of rotatable bonds is 6. The van der Waals surface area contributed by atoms with Gasteiger partial charge in [0.25, 0.3) is 0 Å². The molecule has 0 atom stereocenters. The molecule has 0 aliphatic rings. The first-order chi connectivity index (χ1) is 16.4. The van der Waals surface area contributed by atoms with Crippen LogP contribution in [0, 0.1) is 11.8 Å². The number of hydrogen-bond donors (Lipinski definition) is 0. The van der Waals surface area contributed by atoms with Crippen molar-refractivity contribution in [3.8, 4) is 0 Å². The molecule has 0 fully saturated rings. The molecule has 0 saturated heterocycles. The lowest BCUT2D eigenvalue weighted by Crippen LogP contribution is -2.11. The molecule has 0 aliphatic heterocycles. The molecule has 4 nitrogen and oxygen atoms in total. The Morgan fingerprint density at radius 1 is 0.559 bits per heavy atom. The van der Waals surface area contributed by atoms with Crippen molar-refractivity contribution in [1.29, 1.82) is 0 Å². The van der Waals surface area contributed by atoms with E-state index in [2.05, 4.69) is 12.1 Å². The third kappa shape index (κ3) is 3.63. The van der Waals surface area contributed by atoms with E-state index >= 15 is 0 Å². The Morgan fingerprint density at radius 3 is 1.29 bits per heavy atom. The lowest BCUT2D eigenvalue weighted by molar-refractivity contribution is 0.0453. The predicted octanol–water partition coefficient (Wildman–Crippen LogP) is 7.36. The molecule has 5 aromatic carbocycles.